The molecule has 3 N–H and O–H groups in total. The largest absolute Gasteiger partial charge is 0.508 e. The van der Waals surface area contributed by atoms with E-state index in [0.29, 0.717) is 18.8 Å². The van der Waals surface area contributed by atoms with E-state index < -0.39 is 5.41 Å². The van der Waals surface area contributed by atoms with E-state index >= 15 is 0 Å². The zero-order valence-corrected chi connectivity index (χ0v) is 19.1. The number of benzene rings is 1. The first kappa shape index (κ1) is 23.9. The second-order valence-corrected chi connectivity index (χ2v) is 8.27. The van der Waals surface area contributed by atoms with Crippen LogP contribution >= 0.6 is 0 Å². The van der Waals surface area contributed by atoms with Crippen molar-refractivity contribution in [2.45, 2.75) is 19.3 Å². The van der Waals surface area contributed by atoms with E-state index in [1.54, 1.807) is 30.4 Å². The molecule has 2 aliphatic rings. The molecule has 0 aromatic heterocycles. The predicted octanol–water partition coefficient (Wildman–Crippen LogP) is 5.24. The fourth-order valence-corrected chi connectivity index (χ4v) is 4.73. The molecule has 174 valence electrons. The van der Waals surface area contributed by atoms with Crippen LogP contribution in [0, 0.1) is 29.6 Å². The molecule has 0 radical (unpaired) electrons. The number of allylic oxidation sites excluding steroid dienone is 5. The Bertz CT molecular complexity index is 1050. The van der Waals surface area contributed by atoms with Crippen LogP contribution in [0.4, 0.5) is 0 Å². The Labute approximate surface area is 194 Å². The number of aliphatic hydroxyl groups is 2. The summed E-state index contributed by atoms with van der Waals surface area (Å²) < 4.78 is 16.9. The zero-order chi connectivity index (χ0) is 24.2. The maximum absolute atomic E-state index is 10.9. The molecule has 1 aromatic carbocycles. The number of methoxy groups -OCH3 is 2. The molecule has 1 saturated heterocycles. The zero-order valence-electron chi connectivity index (χ0n) is 19.1. The van der Waals surface area contributed by atoms with Gasteiger partial charge in [0.2, 0.25) is 0 Å². The Balaban J connectivity index is 2.24. The van der Waals surface area contributed by atoms with E-state index in [1.807, 2.05) is 25.1 Å². The Morgan fingerprint density at radius 1 is 1.21 bits per heavy atom. The number of aromatic hydroxyl groups is 1. The second-order valence-electron chi connectivity index (χ2n) is 8.27. The molecule has 0 bridgehead atoms. The average Bonchev–Trinajstić information content (AvgIpc) is 3.10. The number of phenolic OH excluding ortho intramolecular Hbond substituents is 1. The molecular weight excluding hydrogens is 420 g/mol. The number of fused-ring (bicyclic) bond motifs is 1. The molecular formula is C27H30O6. The van der Waals surface area contributed by atoms with Crippen LogP contribution in [-0.4, -0.2) is 36.1 Å². The number of terminal acetylenes is 1. The lowest BCUT2D eigenvalue weighted by atomic mass is 9.62. The highest BCUT2D eigenvalue weighted by molar-refractivity contribution is 5.39. The van der Waals surface area contributed by atoms with Crippen LogP contribution in [0.25, 0.3) is 0 Å². The molecule has 4 unspecified atom stereocenters. The average molecular weight is 451 g/mol. The van der Waals surface area contributed by atoms with Crippen molar-refractivity contribution in [3.8, 4) is 18.1 Å². The van der Waals surface area contributed by atoms with Gasteiger partial charge in [0, 0.05) is 17.9 Å². The summed E-state index contributed by atoms with van der Waals surface area (Å²) in [7, 11) is 2.86. The van der Waals surface area contributed by atoms with E-state index in [0.717, 1.165) is 5.56 Å². The van der Waals surface area contributed by atoms with Crippen molar-refractivity contribution in [3.05, 3.63) is 89.5 Å². The molecule has 0 amide bonds. The molecule has 6 nitrogen and oxygen atoms in total. The van der Waals surface area contributed by atoms with Gasteiger partial charge in [-0.2, -0.15) is 0 Å². The third-order valence-electron chi connectivity index (χ3n) is 6.44. The number of aliphatic hydroxyl groups excluding tert-OH is 2. The van der Waals surface area contributed by atoms with E-state index in [-0.39, 0.29) is 46.5 Å². The first-order valence-corrected chi connectivity index (χ1v) is 10.7. The van der Waals surface area contributed by atoms with Crippen molar-refractivity contribution < 1.29 is 29.5 Å². The topological polar surface area (TPSA) is 88.4 Å². The molecule has 1 aromatic rings. The van der Waals surface area contributed by atoms with Gasteiger partial charge in [0.15, 0.2) is 17.3 Å². The van der Waals surface area contributed by atoms with E-state index in [1.165, 1.54) is 14.2 Å². The summed E-state index contributed by atoms with van der Waals surface area (Å²) in [5.74, 6) is 2.94. The summed E-state index contributed by atoms with van der Waals surface area (Å²) in [4.78, 5) is 0. The molecule has 0 saturated carbocycles. The fraction of sp³-hybridized carbons (Fsp3) is 0.333. The van der Waals surface area contributed by atoms with Crippen molar-refractivity contribution in [2.24, 2.45) is 17.3 Å². The van der Waals surface area contributed by atoms with Gasteiger partial charge in [-0.15, -0.1) is 6.42 Å². The minimum atomic E-state index is -1.07. The molecule has 1 heterocycles. The van der Waals surface area contributed by atoms with Gasteiger partial charge in [0.25, 0.3) is 0 Å². The third-order valence-corrected chi connectivity index (χ3v) is 6.44. The van der Waals surface area contributed by atoms with Gasteiger partial charge < -0.3 is 29.5 Å². The van der Waals surface area contributed by atoms with Crippen molar-refractivity contribution >= 4 is 0 Å². The molecule has 3 rings (SSSR count). The Hall–Kier alpha value is -3.72. The first-order valence-electron chi connectivity index (χ1n) is 10.7. The lowest BCUT2D eigenvalue weighted by Crippen LogP contribution is -2.36. The Morgan fingerprint density at radius 3 is 2.52 bits per heavy atom. The van der Waals surface area contributed by atoms with Crippen LogP contribution in [0.1, 0.15) is 24.8 Å². The standard InChI is InChI=1S/C27H30O6/c1-6-27(3,26(32-5)25(30)17(2)31-4)22-14-15-33-23-16-20(29)8-7-9-21(23)24(22)18-10-12-19(28)13-11-18/h1,7-13,16,21-22,24,28-30H,2,14-15H2,3-5H3/b26-25-. The van der Waals surface area contributed by atoms with Crippen LogP contribution in [0.5, 0.6) is 5.75 Å². The van der Waals surface area contributed by atoms with Crippen LogP contribution < -0.4 is 0 Å². The van der Waals surface area contributed by atoms with Crippen molar-refractivity contribution in [1.29, 1.82) is 0 Å². The van der Waals surface area contributed by atoms with Crippen molar-refractivity contribution in [1.82, 2.24) is 0 Å². The van der Waals surface area contributed by atoms with Gasteiger partial charge in [-0.25, -0.2) is 0 Å². The lowest BCUT2D eigenvalue weighted by Gasteiger charge is -2.40. The van der Waals surface area contributed by atoms with Gasteiger partial charge in [0.05, 0.1) is 26.2 Å². The fourth-order valence-electron chi connectivity index (χ4n) is 4.73. The summed E-state index contributed by atoms with van der Waals surface area (Å²) in [6.07, 6.45) is 13.6. The SMILES string of the molecule is C#CC(C)(/C(OC)=C(/O)C(=C)OC)C1CCOC2=CC(O)=CC=CC2C1c1ccc(O)cc1. The maximum atomic E-state index is 10.9. The molecule has 0 spiro atoms. The highest BCUT2D eigenvalue weighted by atomic mass is 16.5. The summed E-state index contributed by atoms with van der Waals surface area (Å²) in [6, 6.07) is 6.95. The summed E-state index contributed by atoms with van der Waals surface area (Å²) in [5, 5.41) is 30.9. The lowest BCUT2D eigenvalue weighted by molar-refractivity contribution is 0.115. The van der Waals surface area contributed by atoms with Gasteiger partial charge in [-0.05, 0) is 43.0 Å². The molecule has 4 atom stereocenters. The molecule has 1 aliphatic carbocycles. The maximum Gasteiger partial charge on any atom is 0.197 e. The number of hydrogen-bond acceptors (Lipinski definition) is 6. The van der Waals surface area contributed by atoms with Crippen LogP contribution in [0.2, 0.25) is 0 Å². The summed E-state index contributed by atoms with van der Waals surface area (Å²) >= 11 is 0. The number of ether oxygens (including phenoxy) is 3. The summed E-state index contributed by atoms with van der Waals surface area (Å²) in [5.41, 5.74) is -0.149. The quantitative estimate of drug-likeness (QED) is 0.312. The van der Waals surface area contributed by atoms with Crippen LogP contribution in [0.3, 0.4) is 0 Å². The van der Waals surface area contributed by atoms with Crippen molar-refractivity contribution in [3.63, 3.8) is 0 Å². The molecule has 6 heteroatoms. The van der Waals surface area contributed by atoms with E-state index in [9.17, 15) is 15.3 Å². The molecule has 1 fully saturated rings. The van der Waals surface area contributed by atoms with E-state index in [2.05, 4.69) is 12.5 Å². The minimum Gasteiger partial charge on any atom is -0.508 e. The Morgan fingerprint density at radius 2 is 1.91 bits per heavy atom. The number of hydrogen-bond donors (Lipinski definition) is 3. The van der Waals surface area contributed by atoms with Crippen molar-refractivity contribution in [2.75, 3.05) is 20.8 Å². The monoisotopic (exact) mass is 450 g/mol. The van der Waals surface area contributed by atoms with Crippen LogP contribution in [-0.2, 0) is 14.2 Å². The normalized spacial score (nSPS) is 24.7. The highest BCUT2D eigenvalue weighted by Crippen LogP contribution is 2.53. The van der Waals surface area contributed by atoms with E-state index in [4.69, 9.17) is 20.6 Å². The van der Waals surface area contributed by atoms with Gasteiger partial charge in [-0.1, -0.05) is 36.8 Å². The van der Waals surface area contributed by atoms with Crippen LogP contribution in [0.15, 0.2) is 83.9 Å². The Kier molecular flexibility index (Phi) is 7.13. The minimum absolute atomic E-state index is 0.0449. The van der Waals surface area contributed by atoms with Gasteiger partial charge >= 0.3 is 0 Å². The summed E-state index contributed by atoms with van der Waals surface area (Å²) in [6.45, 7) is 5.93. The predicted molar refractivity (Wildman–Crippen MR) is 126 cm³/mol. The molecule has 33 heavy (non-hydrogen) atoms. The van der Waals surface area contributed by atoms with Gasteiger partial charge in [-0.3, -0.25) is 0 Å². The number of rotatable bonds is 6. The third kappa shape index (κ3) is 4.58. The molecule has 1 aliphatic heterocycles. The highest BCUT2D eigenvalue weighted by Gasteiger charge is 2.48. The first-order chi connectivity index (χ1) is 15.8. The smallest absolute Gasteiger partial charge is 0.197 e. The van der Waals surface area contributed by atoms with Gasteiger partial charge in [0.1, 0.15) is 17.3 Å². The number of phenols is 1. The second kappa shape index (κ2) is 9.83.